The Kier molecular flexibility index (Phi) is 6.25. The van der Waals surface area contributed by atoms with Crippen LogP contribution < -0.4 is 10.7 Å². The van der Waals surface area contributed by atoms with Crippen LogP contribution in [0.15, 0.2) is 77.9 Å². The van der Waals surface area contributed by atoms with Crippen LogP contribution in [0.4, 0.5) is 4.79 Å². The Hall–Kier alpha value is -4.46. The molecule has 0 aliphatic heterocycles. The molecule has 2 aliphatic carbocycles. The fourth-order valence-electron chi connectivity index (χ4n) is 4.23. The number of hydrogen-bond acceptors (Lipinski definition) is 4. The summed E-state index contributed by atoms with van der Waals surface area (Å²) >= 11 is 0. The summed E-state index contributed by atoms with van der Waals surface area (Å²) in [5.74, 6) is 0.378. The van der Waals surface area contributed by atoms with Crippen LogP contribution in [0.5, 0.6) is 0 Å². The van der Waals surface area contributed by atoms with E-state index < -0.39 is 6.16 Å². The smallest absolute Gasteiger partial charge is 0.450 e. The minimum Gasteiger partial charge on any atom is -0.450 e. The Morgan fingerprint density at radius 3 is 2.31 bits per heavy atom. The molecular formula is C28H25N3O5. The van der Waals surface area contributed by atoms with Gasteiger partial charge in [0.15, 0.2) is 0 Å². The highest BCUT2D eigenvalue weighted by Crippen LogP contribution is 2.41. The third kappa shape index (κ3) is 5.12. The molecule has 2 saturated carbocycles. The van der Waals surface area contributed by atoms with Crippen molar-refractivity contribution >= 4 is 23.1 Å². The Morgan fingerprint density at radius 2 is 1.61 bits per heavy atom. The Bertz CT molecular complexity index is 1520. The predicted molar refractivity (Wildman–Crippen MR) is 136 cm³/mol. The molecule has 0 saturated heterocycles. The van der Waals surface area contributed by atoms with Gasteiger partial charge in [-0.15, -0.1) is 0 Å². The molecule has 2 aliphatic rings. The van der Waals surface area contributed by atoms with Gasteiger partial charge in [0.05, 0.1) is 5.39 Å². The normalized spacial score (nSPS) is 14.6. The van der Waals surface area contributed by atoms with Crippen LogP contribution in [0.1, 0.15) is 47.5 Å². The number of nitrogens with zero attached hydrogens (tertiary/aromatic N) is 2. The van der Waals surface area contributed by atoms with E-state index in [9.17, 15) is 9.59 Å². The number of aromatic nitrogens is 2. The summed E-state index contributed by atoms with van der Waals surface area (Å²) < 4.78 is 1.85. The van der Waals surface area contributed by atoms with Gasteiger partial charge in [0.1, 0.15) is 11.2 Å². The topological polar surface area (TPSA) is 122 Å². The van der Waals surface area contributed by atoms with E-state index in [1.807, 2.05) is 16.7 Å². The minimum atomic E-state index is -1.83. The van der Waals surface area contributed by atoms with Crippen molar-refractivity contribution in [3.8, 4) is 16.8 Å². The van der Waals surface area contributed by atoms with Crippen molar-refractivity contribution in [3.05, 3.63) is 94.4 Å². The molecule has 182 valence electrons. The van der Waals surface area contributed by atoms with Gasteiger partial charge in [0, 0.05) is 24.1 Å². The number of nitrogens with one attached hydrogen (secondary N) is 1. The molecule has 36 heavy (non-hydrogen) atoms. The average molecular weight is 484 g/mol. The summed E-state index contributed by atoms with van der Waals surface area (Å²) in [5.41, 5.74) is 4.93. The summed E-state index contributed by atoms with van der Waals surface area (Å²) in [5, 5.41) is 17.3. The van der Waals surface area contributed by atoms with Crippen LogP contribution in [0.2, 0.25) is 0 Å². The molecule has 2 fully saturated rings. The summed E-state index contributed by atoms with van der Waals surface area (Å²) in [6.07, 6.45) is 5.95. The molecule has 2 heterocycles. The van der Waals surface area contributed by atoms with Crippen LogP contribution in [-0.2, 0) is 0 Å². The largest absolute Gasteiger partial charge is 0.503 e. The second kappa shape index (κ2) is 9.65. The van der Waals surface area contributed by atoms with Gasteiger partial charge in [-0.05, 0) is 72.6 Å². The standard InChI is InChI=1S/C27H23N3O2.CH2O3/c31-25-23-8-3-13-28-26(23)30(16-24(25)27(32)29-21-11-12-21)22-7-2-6-20(15-22)19-5-1-4-18(14-19)17-9-10-17;2-1(3)4/h1-8,13-17,21H,9-12H2,(H,29,32);(H2,2,3,4). The molecule has 2 aromatic heterocycles. The first kappa shape index (κ1) is 23.3. The average Bonchev–Trinajstić information content (AvgIpc) is 3.79. The Balaban J connectivity index is 0.000000623. The molecule has 8 heteroatoms. The van der Waals surface area contributed by atoms with Crippen molar-refractivity contribution in [1.82, 2.24) is 14.9 Å². The molecule has 0 radical (unpaired) electrons. The van der Waals surface area contributed by atoms with Crippen LogP contribution >= 0.6 is 0 Å². The zero-order valence-electron chi connectivity index (χ0n) is 19.4. The van der Waals surface area contributed by atoms with Gasteiger partial charge in [-0.25, -0.2) is 9.78 Å². The van der Waals surface area contributed by atoms with Crippen LogP contribution in [-0.4, -0.2) is 37.9 Å². The maximum Gasteiger partial charge on any atom is 0.503 e. The van der Waals surface area contributed by atoms with E-state index in [0.717, 1.165) is 24.1 Å². The van der Waals surface area contributed by atoms with Gasteiger partial charge >= 0.3 is 6.16 Å². The highest BCUT2D eigenvalue weighted by atomic mass is 16.6. The van der Waals surface area contributed by atoms with Crippen molar-refractivity contribution in [2.24, 2.45) is 0 Å². The van der Waals surface area contributed by atoms with Gasteiger partial charge in [0.25, 0.3) is 5.91 Å². The van der Waals surface area contributed by atoms with Crippen molar-refractivity contribution in [1.29, 1.82) is 0 Å². The fraction of sp³-hybridized carbons (Fsp3) is 0.214. The second-order valence-electron chi connectivity index (χ2n) is 9.10. The summed E-state index contributed by atoms with van der Waals surface area (Å²) in [6, 6.07) is 20.5. The molecular weight excluding hydrogens is 458 g/mol. The Labute approximate surface area is 206 Å². The SMILES string of the molecule is O=C(NC1CC1)c1cn(-c2cccc(-c3cccc(C4CC4)c3)c2)c2ncccc2c1=O.O=C(O)O. The van der Waals surface area contributed by atoms with E-state index in [-0.39, 0.29) is 22.9 Å². The van der Waals surface area contributed by atoms with Crippen LogP contribution in [0.25, 0.3) is 27.8 Å². The number of carbonyl (C=O) groups excluding carboxylic acids is 1. The fourth-order valence-corrected chi connectivity index (χ4v) is 4.23. The van der Waals surface area contributed by atoms with Gasteiger partial charge in [-0.3, -0.25) is 9.59 Å². The highest BCUT2D eigenvalue weighted by molar-refractivity contribution is 5.97. The molecule has 2 aromatic carbocycles. The van der Waals surface area contributed by atoms with Crippen molar-refractivity contribution < 1.29 is 19.8 Å². The van der Waals surface area contributed by atoms with E-state index in [0.29, 0.717) is 17.0 Å². The van der Waals surface area contributed by atoms with E-state index in [1.54, 1.807) is 24.5 Å². The maximum atomic E-state index is 13.0. The first-order valence-corrected chi connectivity index (χ1v) is 11.8. The van der Waals surface area contributed by atoms with Gasteiger partial charge < -0.3 is 20.1 Å². The molecule has 1 amide bonds. The molecule has 0 bridgehead atoms. The summed E-state index contributed by atoms with van der Waals surface area (Å²) in [4.78, 5) is 38.9. The van der Waals surface area contributed by atoms with Crippen molar-refractivity contribution in [2.45, 2.75) is 37.6 Å². The lowest BCUT2D eigenvalue weighted by atomic mass is 10.0. The lowest BCUT2D eigenvalue weighted by Gasteiger charge is -2.14. The number of amides is 1. The van der Waals surface area contributed by atoms with Crippen LogP contribution in [0.3, 0.4) is 0 Å². The number of hydrogen-bond donors (Lipinski definition) is 3. The van der Waals surface area contributed by atoms with E-state index in [2.05, 4.69) is 46.7 Å². The predicted octanol–water partition coefficient (Wildman–Crippen LogP) is 5.04. The summed E-state index contributed by atoms with van der Waals surface area (Å²) in [7, 11) is 0. The van der Waals surface area contributed by atoms with E-state index in [4.69, 9.17) is 15.0 Å². The third-order valence-corrected chi connectivity index (χ3v) is 6.31. The van der Waals surface area contributed by atoms with Crippen molar-refractivity contribution in [3.63, 3.8) is 0 Å². The summed E-state index contributed by atoms with van der Waals surface area (Å²) in [6.45, 7) is 0. The number of pyridine rings is 2. The molecule has 6 rings (SSSR count). The monoisotopic (exact) mass is 483 g/mol. The number of benzene rings is 2. The van der Waals surface area contributed by atoms with Crippen molar-refractivity contribution in [2.75, 3.05) is 0 Å². The number of carbonyl (C=O) groups is 2. The highest BCUT2D eigenvalue weighted by Gasteiger charge is 2.26. The zero-order valence-corrected chi connectivity index (χ0v) is 19.4. The number of fused-ring (bicyclic) bond motifs is 1. The first-order valence-electron chi connectivity index (χ1n) is 11.8. The third-order valence-electron chi connectivity index (χ3n) is 6.31. The minimum absolute atomic E-state index is 0.151. The quantitative estimate of drug-likeness (QED) is 0.365. The van der Waals surface area contributed by atoms with E-state index in [1.165, 1.54) is 24.0 Å². The molecule has 0 atom stereocenters. The lowest BCUT2D eigenvalue weighted by Crippen LogP contribution is -2.31. The molecule has 0 spiro atoms. The zero-order chi connectivity index (χ0) is 25.2. The van der Waals surface area contributed by atoms with Gasteiger partial charge in [-0.1, -0.05) is 36.4 Å². The molecule has 8 nitrogen and oxygen atoms in total. The molecule has 0 unspecified atom stereocenters. The maximum absolute atomic E-state index is 13.0. The number of rotatable bonds is 5. The first-order chi connectivity index (χ1) is 17.4. The molecule has 4 aromatic rings. The second-order valence-corrected chi connectivity index (χ2v) is 9.10. The Morgan fingerprint density at radius 1 is 0.917 bits per heavy atom. The van der Waals surface area contributed by atoms with Gasteiger partial charge in [-0.2, -0.15) is 0 Å². The van der Waals surface area contributed by atoms with Crippen LogP contribution in [0, 0.1) is 0 Å². The number of carboxylic acid groups (broad SMARTS) is 2. The van der Waals surface area contributed by atoms with Gasteiger partial charge in [0.2, 0.25) is 5.43 Å². The lowest BCUT2D eigenvalue weighted by molar-refractivity contribution is 0.0949. The molecule has 3 N–H and O–H groups in total. The van der Waals surface area contributed by atoms with E-state index >= 15 is 0 Å².